The van der Waals surface area contributed by atoms with Crippen LogP contribution in [0.3, 0.4) is 0 Å². The van der Waals surface area contributed by atoms with Gasteiger partial charge < -0.3 is 19.9 Å². The second-order valence-corrected chi connectivity index (χ2v) is 9.86. The number of nitrogens with zero attached hydrogens (tertiary/aromatic N) is 4. The fourth-order valence-electron chi connectivity index (χ4n) is 4.74. The number of aromatic nitrogens is 3. The van der Waals surface area contributed by atoms with E-state index in [0.29, 0.717) is 52.4 Å². The van der Waals surface area contributed by atoms with E-state index in [1.165, 1.54) is 11.0 Å². The Bertz CT molecular complexity index is 1460. The Morgan fingerprint density at radius 3 is 2.65 bits per heavy atom. The van der Waals surface area contributed by atoms with Crippen molar-refractivity contribution in [3.8, 4) is 11.3 Å². The van der Waals surface area contributed by atoms with Crippen molar-refractivity contribution < 1.29 is 18.7 Å². The Morgan fingerprint density at radius 1 is 1.14 bits per heavy atom. The number of hydrogen-bond acceptors (Lipinski definition) is 4. The third-order valence-corrected chi connectivity index (χ3v) is 7.15. The molecular formula is C26H23Cl2F2N5O2. The standard InChI is InChI=1S/C26H23Cl2F2N5O2/c27-18-4-1-5-19(28)23(18)22-10-17-12-32-25(31-11-15-6-7-20(29)21(30)9-15)33-24(17)35(22)14-16-3-2-8-34(13-16)26(36)37/h1,4-7,9-10,12,16H,2-3,8,11,13-14H2,(H,36,37)(H,31,32,33). The van der Waals surface area contributed by atoms with Crippen molar-refractivity contribution in [3.63, 3.8) is 0 Å². The minimum Gasteiger partial charge on any atom is -0.465 e. The molecular weight excluding hydrogens is 523 g/mol. The summed E-state index contributed by atoms with van der Waals surface area (Å²) in [5, 5.41) is 14.3. The van der Waals surface area contributed by atoms with Gasteiger partial charge in [-0.05, 0) is 54.7 Å². The molecule has 0 bridgehead atoms. The van der Waals surface area contributed by atoms with Crippen LogP contribution in [0.1, 0.15) is 18.4 Å². The van der Waals surface area contributed by atoms with Crippen LogP contribution < -0.4 is 5.32 Å². The summed E-state index contributed by atoms with van der Waals surface area (Å²) >= 11 is 13.1. The van der Waals surface area contributed by atoms with Crippen molar-refractivity contribution in [2.45, 2.75) is 25.9 Å². The molecule has 1 unspecified atom stereocenters. The molecule has 2 N–H and O–H groups in total. The first kappa shape index (κ1) is 25.2. The number of rotatable bonds is 6. The first-order valence-corrected chi connectivity index (χ1v) is 12.5. The molecule has 1 aliphatic rings. The Labute approximate surface area is 221 Å². The lowest BCUT2D eigenvalue weighted by Gasteiger charge is -2.31. The van der Waals surface area contributed by atoms with Gasteiger partial charge in [0.2, 0.25) is 5.95 Å². The third kappa shape index (κ3) is 5.33. The fourth-order valence-corrected chi connectivity index (χ4v) is 5.33. The highest BCUT2D eigenvalue weighted by atomic mass is 35.5. The lowest BCUT2D eigenvalue weighted by molar-refractivity contribution is 0.117. The number of hydrogen-bond donors (Lipinski definition) is 2. The number of carbonyl (C=O) groups is 1. The summed E-state index contributed by atoms with van der Waals surface area (Å²) < 4.78 is 28.9. The summed E-state index contributed by atoms with van der Waals surface area (Å²) in [4.78, 5) is 22.1. The van der Waals surface area contributed by atoms with Crippen molar-refractivity contribution in [1.29, 1.82) is 0 Å². The molecule has 1 amide bonds. The molecule has 1 aliphatic heterocycles. The Morgan fingerprint density at radius 2 is 1.92 bits per heavy atom. The van der Waals surface area contributed by atoms with Gasteiger partial charge in [0.25, 0.3) is 0 Å². The molecule has 5 rings (SSSR count). The van der Waals surface area contributed by atoms with Gasteiger partial charge in [-0.15, -0.1) is 0 Å². The van der Waals surface area contributed by atoms with Crippen LogP contribution in [0.15, 0.2) is 48.7 Å². The highest BCUT2D eigenvalue weighted by Gasteiger charge is 2.26. The maximum absolute atomic E-state index is 13.6. The summed E-state index contributed by atoms with van der Waals surface area (Å²) in [5.41, 5.74) is 2.58. The molecule has 0 aliphatic carbocycles. The summed E-state index contributed by atoms with van der Waals surface area (Å²) in [6, 6.07) is 10.9. The van der Waals surface area contributed by atoms with Gasteiger partial charge in [-0.2, -0.15) is 4.98 Å². The number of nitrogens with one attached hydrogen (secondary N) is 1. The van der Waals surface area contributed by atoms with Gasteiger partial charge in [0, 0.05) is 43.3 Å². The molecule has 37 heavy (non-hydrogen) atoms. The monoisotopic (exact) mass is 545 g/mol. The van der Waals surface area contributed by atoms with Gasteiger partial charge >= 0.3 is 6.09 Å². The fraction of sp³-hybridized carbons (Fsp3) is 0.269. The molecule has 1 atom stereocenters. The number of halogens is 4. The second kappa shape index (κ2) is 10.5. The lowest BCUT2D eigenvalue weighted by atomic mass is 9.98. The number of fused-ring (bicyclic) bond motifs is 1. The lowest BCUT2D eigenvalue weighted by Crippen LogP contribution is -2.40. The van der Waals surface area contributed by atoms with E-state index in [1.807, 2.05) is 10.6 Å². The molecule has 2 aromatic carbocycles. The van der Waals surface area contributed by atoms with Crippen molar-refractivity contribution >= 4 is 46.3 Å². The molecule has 1 fully saturated rings. The largest absolute Gasteiger partial charge is 0.465 e. The van der Waals surface area contributed by atoms with E-state index in [4.69, 9.17) is 28.2 Å². The summed E-state index contributed by atoms with van der Waals surface area (Å²) in [7, 11) is 0. The van der Waals surface area contributed by atoms with Crippen molar-refractivity contribution in [3.05, 3.63) is 75.9 Å². The highest BCUT2D eigenvalue weighted by Crippen LogP contribution is 2.38. The minimum absolute atomic E-state index is 0.0639. The predicted molar refractivity (Wildman–Crippen MR) is 139 cm³/mol. The van der Waals surface area contributed by atoms with Crippen LogP contribution in [-0.4, -0.2) is 43.7 Å². The highest BCUT2D eigenvalue weighted by molar-refractivity contribution is 6.39. The van der Waals surface area contributed by atoms with E-state index >= 15 is 0 Å². The maximum Gasteiger partial charge on any atom is 0.407 e. The summed E-state index contributed by atoms with van der Waals surface area (Å²) in [5.74, 6) is -1.46. The SMILES string of the molecule is O=C(O)N1CCCC(Cn2c(-c3c(Cl)cccc3Cl)cc3cnc(NCc4ccc(F)c(F)c4)nc32)C1. The van der Waals surface area contributed by atoms with Crippen LogP contribution in [0.5, 0.6) is 0 Å². The average molecular weight is 546 g/mol. The molecule has 0 saturated carbocycles. The second-order valence-electron chi connectivity index (χ2n) is 9.05. The number of anilines is 1. The number of amides is 1. The molecule has 3 heterocycles. The number of piperidine rings is 1. The zero-order valence-electron chi connectivity index (χ0n) is 19.6. The third-order valence-electron chi connectivity index (χ3n) is 6.52. The van der Waals surface area contributed by atoms with Crippen LogP contribution >= 0.6 is 23.2 Å². The Kier molecular flexibility index (Phi) is 7.17. The van der Waals surface area contributed by atoms with E-state index in [2.05, 4.69) is 10.3 Å². The maximum atomic E-state index is 13.6. The van der Waals surface area contributed by atoms with Gasteiger partial charge in [0.05, 0.1) is 15.7 Å². The number of benzene rings is 2. The first-order chi connectivity index (χ1) is 17.8. The quantitative estimate of drug-likeness (QED) is 0.282. The van der Waals surface area contributed by atoms with E-state index in [9.17, 15) is 18.7 Å². The normalized spacial score (nSPS) is 15.8. The zero-order chi connectivity index (χ0) is 26.1. The molecule has 2 aromatic heterocycles. The van der Waals surface area contributed by atoms with Gasteiger partial charge in [-0.25, -0.2) is 18.6 Å². The van der Waals surface area contributed by atoms with E-state index in [0.717, 1.165) is 36.1 Å². The van der Waals surface area contributed by atoms with E-state index < -0.39 is 17.7 Å². The Hall–Kier alpha value is -3.43. The van der Waals surface area contributed by atoms with Gasteiger partial charge in [0.15, 0.2) is 11.6 Å². The van der Waals surface area contributed by atoms with E-state index in [-0.39, 0.29) is 12.5 Å². The van der Waals surface area contributed by atoms with Gasteiger partial charge in [-0.1, -0.05) is 35.3 Å². The van der Waals surface area contributed by atoms with Crippen molar-refractivity contribution in [1.82, 2.24) is 19.4 Å². The van der Waals surface area contributed by atoms with Crippen LogP contribution in [0.25, 0.3) is 22.3 Å². The molecule has 0 radical (unpaired) electrons. The molecule has 1 saturated heterocycles. The average Bonchev–Trinajstić information content (AvgIpc) is 3.22. The molecule has 192 valence electrons. The van der Waals surface area contributed by atoms with Gasteiger partial charge in [-0.3, -0.25) is 0 Å². The van der Waals surface area contributed by atoms with Crippen molar-refractivity contribution in [2.24, 2.45) is 5.92 Å². The molecule has 0 spiro atoms. The smallest absolute Gasteiger partial charge is 0.407 e. The van der Waals surface area contributed by atoms with Crippen LogP contribution in [-0.2, 0) is 13.1 Å². The topological polar surface area (TPSA) is 83.3 Å². The van der Waals surface area contributed by atoms with Crippen molar-refractivity contribution in [2.75, 3.05) is 18.4 Å². The van der Waals surface area contributed by atoms with Crippen LogP contribution in [0.4, 0.5) is 19.5 Å². The van der Waals surface area contributed by atoms with Crippen LogP contribution in [0, 0.1) is 17.6 Å². The summed E-state index contributed by atoms with van der Waals surface area (Å²) in [6.45, 7) is 1.63. The number of carboxylic acid groups (broad SMARTS) is 1. The summed E-state index contributed by atoms with van der Waals surface area (Å²) in [6.07, 6.45) is 2.38. The van der Waals surface area contributed by atoms with Gasteiger partial charge in [0.1, 0.15) is 5.65 Å². The number of likely N-dealkylation sites (tertiary alicyclic amines) is 1. The molecule has 4 aromatic rings. The molecule has 7 nitrogen and oxygen atoms in total. The van der Waals surface area contributed by atoms with Crippen LogP contribution in [0.2, 0.25) is 10.0 Å². The van der Waals surface area contributed by atoms with E-state index in [1.54, 1.807) is 24.4 Å². The predicted octanol–water partition coefficient (Wildman–Crippen LogP) is 6.69. The molecule has 11 heteroatoms. The Balaban J connectivity index is 1.52. The first-order valence-electron chi connectivity index (χ1n) is 11.8. The minimum atomic E-state index is -0.928. The zero-order valence-corrected chi connectivity index (χ0v) is 21.1.